The van der Waals surface area contributed by atoms with E-state index in [0.717, 1.165) is 23.5 Å². The molecule has 0 aliphatic rings. The molecule has 0 aliphatic carbocycles. The zero-order chi connectivity index (χ0) is 16.1. The molecule has 22 heavy (non-hydrogen) atoms. The number of aromatic amines is 1. The third-order valence-electron chi connectivity index (χ3n) is 3.46. The van der Waals surface area contributed by atoms with Gasteiger partial charge in [-0.05, 0) is 6.92 Å². The molecule has 0 radical (unpaired) electrons. The van der Waals surface area contributed by atoms with Crippen LogP contribution < -0.4 is 4.74 Å². The molecule has 0 bridgehead atoms. The SMILES string of the molecule is COc1cc(F)c(CN(CCO)Cc2nc[nH]c2C)c(F)c1. The van der Waals surface area contributed by atoms with Crippen LogP contribution in [0.5, 0.6) is 5.75 Å². The highest BCUT2D eigenvalue weighted by atomic mass is 19.1. The smallest absolute Gasteiger partial charge is 0.134 e. The molecule has 0 unspecified atom stereocenters. The van der Waals surface area contributed by atoms with Crippen molar-refractivity contribution in [1.82, 2.24) is 14.9 Å². The minimum atomic E-state index is -0.668. The van der Waals surface area contributed by atoms with Crippen LogP contribution >= 0.6 is 0 Å². The number of aromatic nitrogens is 2. The van der Waals surface area contributed by atoms with E-state index < -0.39 is 11.6 Å². The van der Waals surface area contributed by atoms with E-state index in [1.165, 1.54) is 7.11 Å². The van der Waals surface area contributed by atoms with Gasteiger partial charge in [0.05, 0.1) is 25.7 Å². The van der Waals surface area contributed by atoms with Crippen LogP contribution in [0.3, 0.4) is 0 Å². The lowest BCUT2D eigenvalue weighted by Gasteiger charge is -2.21. The largest absolute Gasteiger partial charge is 0.497 e. The van der Waals surface area contributed by atoms with E-state index in [1.807, 2.05) is 6.92 Å². The Morgan fingerprint density at radius 1 is 1.27 bits per heavy atom. The molecule has 0 amide bonds. The number of aryl methyl sites for hydroxylation is 1. The Morgan fingerprint density at radius 3 is 2.45 bits per heavy atom. The molecule has 120 valence electrons. The fraction of sp³-hybridized carbons (Fsp3) is 0.400. The molecule has 7 heteroatoms. The molecule has 0 saturated heterocycles. The normalized spacial score (nSPS) is 11.2. The molecule has 1 aromatic carbocycles. The summed E-state index contributed by atoms with van der Waals surface area (Å²) in [5, 5.41) is 9.16. The Bertz CT molecular complexity index is 608. The van der Waals surface area contributed by atoms with E-state index in [4.69, 9.17) is 9.84 Å². The van der Waals surface area contributed by atoms with Gasteiger partial charge in [0.1, 0.15) is 17.4 Å². The standard InChI is InChI=1S/C15H19F2N3O2/c1-10-15(19-9-18-10)8-20(3-4-21)7-12-13(16)5-11(22-2)6-14(12)17/h5-6,9,21H,3-4,7-8H2,1-2H3,(H,18,19). The Morgan fingerprint density at radius 2 is 1.95 bits per heavy atom. The predicted octanol–water partition coefficient (Wildman–Crippen LogP) is 2.00. The van der Waals surface area contributed by atoms with Crippen LogP contribution in [0.4, 0.5) is 8.78 Å². The van der Waals surface area contributed by atoms with Crippen LogP contribution in [-0.4, -0.2) is 40.2 Å². The van der Waals surface area contributed by atoms with Gasteiger partial charge in [-0.2, -0.15) is 0 Å². The zero-order valence-corrected chi connectivity index (χ0v) is 12.6. The lowest BCUT2D eigenvalue weighted by atomic mass is 10.1. The molecular weight excluding hydrogens is 292 g/mol. The number of aliphatic hydroxyl groups excluding tert-OH is 1. The van der Waals surface area contributed by atoms with E-state index >= 15 is 0 Å². The van der Waals surface area contributed by atoms with Crippen LogP contribution in [0, 0.1) is 18.6 Å². The monoisotopic (exact) mass is 311 g/mol. The summed E-state index contributed by atoms with van der Waals surface area (Å²) in [6.45, 7) is 2.48. The zero-order valence-electron chi connectivity index (χ0n) is 12.6. The Hall–Kier alpha value is -1.99. The fourth-order valence-electron chi connectivity index (χ4n) is 2.19. The Balaban J connectivity index is 2.19. The molecule has 0 fully saturated rings. The maximum atomic E-state index is 14.0. The first-order valence-electron chi connectivity index (χ1n) is 6.89. The van der Waals surface area contributed by atoms with Crippen molar-refractivity contribution >= 4 is 0 Å². The first-order valence-corrected chi connectivity index (χ1v) is 6.89. The lowest BCUT2D eigenvalue weighted by Crippen LogP contribution is -2.27. The summed E-state index contributed by atoms with van der Waals surface area (Å²) >= 11 is 0. The van der Waals surface area contributed by atoms with Gasteiger partial charge in [-0.15, -0.1) is 0 Å². The summed E-state index contributed by atoms with van der Waals surface area (Å²) in [4.78, 5) is 8.85. The molecule has 0 saturated carbocycles. The quantitative estimate of drug-likeness (QED) is 0.821. The number of halogens is 2. The van der Waals surface area contributed by atoms with E-state index in [9.17, 15) is 8.78 Å². The third-order valence-corrected chi connectivity index (χ3v) is 3.46. The predicted molar refractivity (Wildman–Crippen MR) is 77.4 cm³/mol. The molecule has 1 heterocycles. The van der Waals surface area contributed by atoms with Crippen molar-refractivity contribution in [3.8, 4) is 5.75 Å². The van der Waals surface area contributed by atoms with Crippen molar-refractivity contribution in [1.29, 1.82) is 0 Å². The number of hydrogen-bond donors (Lipinski definition) is 2. The number of ether oxygens (including phenoxy) is 1. The first kappa shape index (κ1) is 16.4. The molecule has 2 rings (SSSR count). The minimum Gasteiger partial charge on any atom is -0.497 e. The number of nitrogens with zero attached hydrogens (tertiary/aromatic N) is 2. The average molecular weight is 311 g/mol. The molecule has 5 nitrogen and oxygen atoms in total. The summed E-state index contributed by atoms with van der Waals surface area (Å²) in [5.41, 5.74) is 1.61. The van der Waals surface area contributed by atoms with Crippen molar-refractivity contribution in [2.45, 2.75) is 20.0 Å². The maximum absolute atomic E-state index is 14.0. The van der Waals surface area contributed by atoms with E-state index in [0.29, 0.717) is 6.54 Å². The van der Waals surface area contributed by atoms with E-state index in [2.05, 4.69) is 9.97 Å². The number of nitrogens with one attached hydrogen (secondary N) is 1. The highest BCUT2D eigenvalue weighted by molar-refractivity contribution is 5.30. The number of benzene rings is 1. The highest BCUT2D eigenvalue weighted by Gasteiger charge is 2.17. The number of rotatable bonds is 7. The van der Waals surface area contributed by atoms with Gasteiger partial charge in [0.25, 0.3) is 0 Å². The summed E-state index contributed by atoms with van der Waals surface area (Å²) in [6.07, 6.45) is 1.57. The van der Waals surface area contributed by atoms with Crippen LogP contribution in [0.25, 0.3) is 0 Å². The molecule has 1 aromatic heterocycles. The maximum Gasteiger partial charge on any atom is 0.134 e. The van der Waals surface area contributed by atoms with Gasteiger partial charge in [-0.25, -0.2) is 13.8 Å². The van der Waals surface area contributed by atoms with Gasteiger partial charge in [-0.3, -0.25) is 4.90 Å². The van der Waals surface area contributed by atoms with Crippen LogP contribution in [0.2, 0.25) is 0 Å². The fourth-order valence-corrected chi connectivity index (χ4v) is 2.19. The van der Waals surface area contributed by atoms with Crippen LogP contribution in [0.1, 0.15) is 17.0 Å². The van der Waals surface area contributed by atoms with Crippen molar-refractivity contribution in [2.75, 3.05) is 20.3 Å². The second kappa shape index (κ2) is 7.33. The molecule has 2 N–H and O–H groups in total. The minimum absolute atomic E-state index is 0.0362. The molecule has 0 atom stereocenters. The highest BCUT2D eigenvalue weighted by Crippen LogP contribution is 2.22. The van der Waals surface area contributed by atoms with Gasteiger partial charge < -0.3 is 14.8 Å². The third kappa shape index (κ3) is 3.80. The molecule has 0 aliphatic heterocycles. The molecule has 0 spiro atoms. The second-order valence-electron chi connectivity index (χ2n) is 4.98. The van der Waals surface area contributed by atoms with Crippen molar-refractivity contribution in [2.24, 2.45) is 0 Å². The summed E-state index contributed by atoms with van der Waals surface area (Å²) in [5.74, 6) is -1.20. The van der Waals surface area contributed by atoms with Crippen LogP contribution in [0.15, 0.2) is 18.5 Å². The lowest BCUT2D eigenvalue weighted by molar-refractivity contribution is 0.179. The first-order chi connectivity index (χ1) is 10.5. The average Bonchev–Trinajstić information content (AvgIpc) is 2.88. The van der Waals surface area contributed by atoms with Gasteiger partial charge in [0.2, 0.25) is 0 Å². The van der Waals surface area contributed by atoms with Gasteiger partial charge >= 0.3 is 0 Å². The second-order valence-corrected chi connectivity index (χ2v) is 4.98. The van der Waals surface area contributed by atoms with Crippen molar-refractivity contribution in [3.05, 3.63) is 47.0 Å². The van der Waals surface area contributed by atoms with Crippen molar-refractivity contribution < 1.29 is 18.6 Å². The molecular formula is C15H19F2N3O2. The number of methoxy groups -OCH3 is 1. The summed E-state index contributed by atoms with van der Waals surface area (Å²) < 4.78 is 32.9. The van der Waals surface area contributed by atoms with Gasteiger partial charge in [0, 0.05) is 43.0 Å². The topological polar surface area (TPSA) is 61.4 Å². The number of imidazole rings is 1. The van der Waals surface area contributed by atoms with Crippen molar-refractivity contribution in [3.63, 3.8) is 0 Å². The van der Waals surface area contributed by atoms with Gasteiger partial charge in [-0.1, -0.05) is 0 Å². The number of aliphatic hydroxyl groups is 1. The van der Waals surface area contributed by atoms with Crippen LogP contribution in [-0.2, 0) is 13.1 Å². The van der Waals surface area contributed by atoms with Gasteiger partial charge in [0.15, 0.2) is 0 Å². The number of H-pyrrole nitrogens is 1. The van der Waals surface area contributed by atoms with E-state index in [-0.39, 0.29) is 31.0 Å². The Labute approximate surface area is 127 Å². The van der Waals surface area contributed by atoms with E-state index in [1.54, 1.807) is 11.2 Å². The Kier molecular flexibility index (Phi) is 5.46. The summed E-state index contributed by atoms with van der Waals surface area (Å²) in [7, 11) is 1.35. The number of hydrogen-bond acceptors (Lipinski definition) is 4. The molecule has 2 aromatic rings. The summed E-state index contributed by atoms with van der Waals surface area (Å²) in [6, 6.07) is 2.30.